The van der Waals surface area contributed by atoms with Crippen molar-refractivity contribution in [3.8, 4) is 5.75 Å². The Morgan fingerprint density at radius 3 is 2.59 bits per heavy atom. The van der Waals surface area contributed by atoms with Crippen molar-refractivity contribution in [2.75, 3.05) is 25.0 Å². The van der Waals surface area contributed by atoms with E-state index in [1.54, 1.807) is 47.4 Å². The van der Waals surface area contributed by atoms with Crippen molar-refractivity contribution in [2.24, 2.45) is 0 Å². The zero-order valence-electron chi connectivity index (χ0n) is 15.8. The summed E-state index contributed by atoms with van der Waals surface area (Å²) in [4.78, 5) is 14.0. The molecule has 1 atom stereocenters. The van der Waals surface area contributed by atoms with E-state index >= 15 is 0 Å². The van der Waals surface area contributed by atoms with Gasteiger partial charge in [0.05, 0.1) is 12.3 Å². The van der Waals surface area contributed by atoms with Gasteiger partial charge in [-0.15, -0.1) is 0 Å². The van der Waals surface area contributed by atoms with Crippen LogP contribution in [0.2, 0.25) is 0 Å². The Labute approximate surface area is 159 Å². The Balaban J connectivity index is 0.00000126. The zero-order chi connectivity index (χ0) is 19.6. The molecule has 1 amide bonds. The molecule has 1 heterocycles. The molecule has 6 heteroatoms. The first-order valence-electron chi connectivity index (χ1n) is 9.27. The summed E-state index contributed by atoms with van der Waals surface area (Å²) in [6, 6.07) is 13.5. The Kier molecular flexibility index (Phi) is 8.07. The molecule has 2 aromatic carbocycles. The van der Waals surface area contributed by atoms with Crippen LogP contribution in [-0.4, -0.2) is 41.7 Å². The van der Waals surface area contributed by atoms with Gasteiger partial charge in [0.1, 0.15) is 11.6 Å². The fourth-order valence-corrected chi connectivity index (χ4v) is 2.83. The molecular formula is C21H27FN2O3. The quantitative estimate of drug-likeness (QED) is 0.813. The van der Waals surface area contributed by atoms with Gasteiger partial charge in [0, 0.05) is 19.1 Å². The largest absolute Gasteiger partial charge is 0.484 e. The summed E-state index contributed by atoms with van der Waals surface area (Å²) >= 11 is 0. The van der Waals surface area contributed by atoms with Gasteiger partial charge in [-0.05, 0) is 36.2 Å². The van der Waals surface area contributed by atoms with Crippen molar-refractivity contribution in [1.82, 2.24) is 4.90 Å². The minimum absolute atomic E-state index is 0.0244. The molecular weight excluding hydrogens is 347 g/mol. The second-order valence-electron chi connectivity index (χ2n) is 6.04. The van der Waals surface area contributed by atoms with E-state index < -0.39 is 0 Å². The fourth-order valence-electron chi connectivity index (χ4n) is 2.83. The highest BCUT2D eigenvalue weighted by molar-refractivity contribution is 5.78. The van der Waals surface area contributed by atoms with Gasteiger partial charge in [-0.25, -0.2) is 4.39 Å². The van der Waals surface area contributed by atoms with Gasteiger partial charge >= 0.3 is 0 Å². The van der Waals surface area contributed by atoms with E-state index in [9.17, 15) is 9.18 Å². The van der Waals surface area contributed by atoms with Crippen LogP contribution < -0.4 is 10.1 Å². The normalized spacial score (nSPS) is 15.7. The minimum atomic E-state index is -0.290. The van der Waals surface area contributed by atoms with E-state index in [0.717, 1.165) is 12.0 Å². The number of aliphatic hydroxyl groups excluding tert-OH is 1. The van der Waals surface area contributed by atoms with Crippen LogP contribution in [0.1, 0.15) is 25.8 Å². The Morgan fingerprint density at radius 1 is 1.22 bits per heavy atom. The van der Waals surface area contributed by atoms with Crippen LogP contribution in [0.4, 0.5) is 10.1 Å². The van der Waals surface area contributed by atoms with Crippen molar-refractivity contribution >= 4 is 11.6 Å². The van der Waals surface area contributed by atoms with Crippen LogP contribution in [0, 0.1) is 5.82 Å². The maximum Gasteiger partial charge on any atom is 0.260 e. The molecule has 1 saturated heterocycles. The van der Waals surface area contributed by atoms with Crippen LogP contribution >= 0.6 is 0 Å². The van der Waals surface area contributed by atoms with Crippen LogP contribution in [0.5, 0.6) is 5.75 Å². The summed E-state index contributed by atoms with van der Waals surface area (Å²) in [5.41, 5.74) is 1.25. The Morgan fingerprint density at radius 2 is 1.93 bits per heavy atom. The zero-order valence-corrected chi connectivity index (χ0v) is 15.8. The molecule has 0 bridgehead atoms. The highest BCUT2D eigenvalue weighted by atomic mass is 19.1. The monoisotopic (exact) mass is 374 g/mol. The van der Waals surface area contributed by atoms with Crippen molar-refractivity contribution in [1.29, 1.82) is 0 Å². The van der Waals surface area contributed by atoms with Gasteiger partial charge in [-0.1, -0.05) is 38.1 Å². The number of amides is 1. The average Bonchev–Trinajstić information content (AvgIpc) is 3.18. The summed E-state index contributed by atoms with van der Waals surface area (Å²) in [5.74, 6) is 0.205. The molecule has 1 aliphatic rings. The van der Waals surface area contributed by atoms with Crippen molar-refractivity contribution in [3.63, 3.8) is 0 Å². The second kappa shape index (κ2) is 10.5. The first kappa shape index (κ1) is 20.7. The topological polar surface area (TPSA) is 61.8 Å². The molecule has 1 unspecified atom stereocenters. The van der Waals surface area contributed by atoms with Crippen LogP contribution in [-0.2, 0) is 11.4 Å². The number of hydrogen-bond donors (Lipinski definition) is 2. The summed E-state index contributed by atoms with van der Waals surface area (Å²) in [6.45, 7) is 5.09. The summed E-state index contributed by atoms with van der Waals surface area (Å²) in [5, 5.41) is 12.2. The molecule has 1 aliphatic heterocycles. The van der Waals surface area contributed by atoms with E-state index in [4.69, 9.17) is 9.84 Å². The highest BCUT2D eigenvalue weighted by Crippen LogP contribution is 2.19. The lowest BCUT2D eigenvalue weighted by Gasteiger charge is -2.18. The van der Waals surface area contributed by atoms with Crippen LogP contribution in [0.25, 0.3) is 0 Å². The van der Waals surface area contributed by atoms with E-state index in [0.29, 0.717) is 24.5 Å². The lowest BCUT2D eigenvalue weighted by molar-refractivity contribution is -0.132. The molecule has 2 N–H and O–H groups in total. The first-order valence-corrected chi connectivity index (χ1v) is 9.27. The molecule has 3 rings (SSSR count). The number of nitrogens with one attached hydrogen (secondary N) is 1. The summed E-state index contributed by atoms with van der Waals surface area (Å²) < 4.78 is 19.2. The third-order valence-corrected chi connectivity index (χ3v) is 4.24. The van der Waals surface area contributed by atoms with Gasteiger partial charge < -0.3 is 20.1 Å². The standard InChI is InChI=1S/C19H21FN2O3.C2H6/c20-17-3-1-2-4-18(17)21-15-9-10-22(11-15)19(24)13-25-16-7-5-14(12-23)6-8-16;1-2/h1-8,15,21,23H,9-13H2;1-2H3. The number of hydrogen-bond acceptors (Lipinski definition) is 4. The lowest BCUT2D eigenvalue weighted by Crippen LogP contribution is -2.35. The van der Waals surface area contributed by atoms with E-state index in [1.807, 2.05) is 13.8 Å². The first-order chi connectivity index (χ1) is 13.2. The van der Waals surface area contributed by atoms with E-state index in [2.05, 4.69) is 5.32 Å². The second-order valence-corrected chi connectivity index (χ2v) is 6.04. The van der Waals surface area contributed by atoms with E-state index in [1.165, 1.54) is 6.07 Å². The predicted octanol–water partition coefficient (Wildman–Crippen LogP) is 3.44. The maximum absolute atomic E-state index is 13.7. The predicted molar refractivity (Wildman–Crippen MR) is 104 cm³/mol. The van der Waals surface area contributed by atoms with Gasteiger partial charge in [-0.3, -0.25) is 4.79 Å². The number of carbonyl (C=O) groups is 1. The molecule has 1 fully saturated rings. The number of benzene rings is 2. The number of carbonyl (C=O) groups excluding carboxylic acids is 1. The summed E-state index contributed by atoms with van der Waals surface area (Å²) in [6.07, 6.45) is 0.769. The van der Waals surface area contributed by atoms with Crippen LogP contribution in [0.15, 0.2) is 48.5 Å². The van der Waals surface area contributed by atoms with Gasteiger partial charge in [0.25, 0.3) is 5.91 Å². The number of anilines is 1. The third-order valence-electron chi connectivity index (χ3n) is 4.24. The number of nitrogens with zero attached hydrogens (tertiary/aromatic N) is 1. The lowest BCUT2D eigenvalue weighted by atomic mass is 10.2. The van der Waals surface area contributed by atoms with Crippen LogP contribution in [0.3, 0.4) is 0 Å². The molecule has 27 heavy (non-hydrogen) atoms. The molecule has 0 spiro atoms. The number of para-hydroxylation sites is 1. The number of aliphatic hydroxyl groups is 1. The fraction of sp³-hybridized carbons (Fsp3) is 0.381. The molecule has 0 saturated carbocycles. The number of ether oxygens (including phenoxy) is 1. The van der Waals surface area contributed by atoms with Crippen molar-refractivity contribution in [3.05, 3.63) is 59.9 Å². The van der Waals surface area contributed by atoms with Gasteiger partial charge in [-0.2, -0.15) is 0 Å². The summed E-state index contributed by atoms with van der Waals surface area (Å²) in [7, 11) is 0. The molecule has 146 valence electrons. The molecule has 2 aromatic rings. The SMILES string of the molecule is CC.O=C(COc1ccc(CO)cc1)N1CCC(Nc2ccccc2F)C1. The number of rotatable bonds is 6. The Hall–Kier alpha value is -2.60. The molecule has 5 nitrogen and oxygen atoms in total. The minimum Gasteiger partial charge on any atom is -0.484 e. The Bertz CT molecular complexity index is 722. The smallest absolute Gasteiger partial charge is 0.260 e. The third kappa shape index (κ3) is 5.96. The van der Waals surface area contributed by atoms with Crippen molar-refractivity contribution < 1.29 is 19.0 Å². The van der Waals surface area contributed by atoms with Crippen molar-refractivity contribution in [2.45, 2.75) is 32.9 Å². The molecule has 0 aromatic heterocycles. The number of halogens is 1. The van der Waals surface area contributed by atoms with E-state index in [-0.39, 0.29) is 31.0 Å². The number of likely N-dealkylation sites (tertiary alicyclic amines) is 1. The highest BCUT2D eigenvalue weighted by Gasteiger charge is 2.26. The maximum atomic E-state index is 13.7. The molecule has 0 radical (unpaired) electrons. The molecule has 0 aliphatic carbocycles. The van der Waals surface area contributed by atoms with Gasteiger partial charge in [0.2, 0.25) is 0 Å². The van der Waals surface area contributed by atoms with Gasteiger partial charge in [0.15, 0.2) is 6.61 Å². The average molecular weight is 374 g/mol.